The first-order valence-corrected chi connectivity index (χ1v) is 14.8. The average Bonchev–Trinajstić information content (AvgIpc) is 3.12. The van der Waals surface area contributed by atoms with Gasteiger partial charge in [0.2, 0.25) is 0 Å². The Bertz CT molecular complexity index is 1270. The highest BCUT2D eigenvalue weighted by atomic mass is 79.9. The predicted molar refractivity (Wildman–Crippen MR) is 149 cm³/mol. The fourth-order valence-electron chi connectivity index (χ4n) is 7.39. The van der Waals surface area contributed by atoms with E-state index in [1.807, 2.05) is 13.0 Å². The van der Waals surface area contributed by atoms with Crippen molar-refractivity contribution in [3.05, 3.63) is 68.5 Å². The van der Waals surface area contributed by atoms with Gasteiger partial charge in [0.25, 0.3) is 11.1 Å². The maximum atomic E-state index is 13.2. The normalized spacial score (nSPS) is 29.4. The van der Waals surface area contributed by atoms with E-state index in [-0.39, 0.29) is 17.7 Å². The van der Waals surface area contributed by atoms with Crippen LogP contribution in [-0.4, -0.2) is 35.0 Å². The fraction of sp³-hybridized carbons (Fsp3) is 0.433. The number of rotatable bonds is 7. The molecule has 2 aromatic rings. The van der Waals surface area contributed by atoms with Crippen molar-refractivity contribution in [3.8, 4) is 5.75 Å². The van der Waals surface area contributed by atoms with Gasteiger partial charge in [-0.2, -0.15) is 0 Å². The summed E-state index contributed by atoms with van der Waals surface area (Å²) in [6, 6.07) is 13.4. The Kier molecular flexibility index (Phi) is 6.56. The van der Waals surface area contributed by atoms with Gasteiger partial charge in [0.15, 0.2) is 5.78 Å². The highest BCUT2D eigenvalue weighted by Crippen LogP contribution is 2.61. The molecule has 0 atom stereocenters. The van der Waals surface area contributed by atoms with Crippen molar-refractivity contribution in [1.82, 2.24) is 4.90 Å². The number of carbonyl (C=O) groups is 3. The van der Waals surface area contributed by atoms with Crippen LogP contribution < -0.4 is 4.74 Å². The van der Waals surface area contributed by atoms with Gasteiger partial charge in [-0.25, -0.2) is 0 Å². The van der Waals surface area contributed by atoms with Gasteiger partial charge in [-0.15, -0.1) is 0 Å². The summed E-state index contributed by atoms with van der Waals surface area (Å²) in [5.74, 6) is 2.52. The third-order valence-electron chi connectivity index (χ3n) is 8.59. The van der Waals surface area contributed by atoms with Gasteiger partial charge in [0, 0.05) is 15.6 Å². The van der Waals surface area contributed by atoms with Crippen molar-refractivity contribution in [2.45, 2.75) is 50.9 Å². The Morgan fingerprint density at radius 3 is 2.32 bits per heavy atom. The first-order chi connectivity index (χ1) is 17.8. The second-order valence-electron chi connectivity index (χ2n) is 11.1. The summed E-state index contributed by atoms with van der Waals surface area (Å²) in [4.78, 5) is 40.1. The van der Waals surface area contributed by atoms with Crippen LogP contribution in [0, 0.1) is 17.8 Å². The Hall–Kier alpha value is -2.38. The Morgan fingerprint density at radius 1 is 1.05 bits per heavy atom. The van der Waals surface area contributed by atoms with Crippen LogP contribution in [0.3, 0.4) is 0 Å². The van der Waals surface area contributed by atoms with Gasteiger partial charge >= 0.3 is 0 Å². The van der Waals surface area contributed by atoms with E-state index in [1.54, 1.807) is 30.3 Å². The van der Waals surface area contributed by atoms with Crippen LogP contribution in [0.15, 0.2) is 51.8 Å². The van der Waals surface area contributed by atoms with Crippen LogP contribution in [0.2, 0.25) is 0 Å². The van der Waals surface area contributed by atoms with E-state index < -0.39 is 11.1 Å². The lowest BCUT2D eigenvalue weighted by Gasteiger charge is -2.57. The molecule has 37 heavy (non-hydrogen) atoms. The average molecular weight is 581 g/mol. The molecule has 4 bridgehead atoms. The second-order valence-corrected chi connectivity index (χ2v) is 13.0. The van der Waals surface area contributed by atoms with Gasteiger partial charge in [-0.3, -0.25) is 19.3 Å². The number of imide groups is 1. The lowest BCUT2D eigenvalue weighted by molar-refractivity contribution is -0.122. The zero-order chi connectivity index (χ0) is 25.7. The summed E-state index contributed by atoms with van der Waals surface area (Å²) >= 11 is 4.25. The SMILES string of the molecule is CCOc1ccc(C23CC4CC(CC(C4)C2)C3)cc1/C=C1/SC(=O)N(CC(=O)c2ccc(Br)cc2)C1=O. The van der Waals surface area contributed by atoms with Crippen LogP contribution in [0.5, 0.6) is 5.75 Å². The smallest absolute Gasteiger partial charge is 0.293 e. The molecule has 1 saturated heterocycles. The molecule has 1 heterocycles. The van der Waals surface area contributed by atoms with Crippen LogP contribution in [0.25, 0.3) is 6.08 Å². The largest absolute Gasteiger partial charge is 0.493 e. The van der Waals surface area contributed by atoms with E-state index in [0.29, 0.717) is 22.8 Å². The van der Waals surface area contributed by atoms with Gasteiger partial charge in [0.05, 0.1) is 18.1 Å². The zero-order valence-corrected chi connectivity index (χ0v) is 23.3. The maximum absolute atomic E-state index is 13.2. The summed E-state index contributed by atoms with van der Waals surface area (Å²) in [7, 11) is 0. The van der Waals surface area contributed by atoms with Gasteiger partial charge in [-0.1, -0.05) is 34.1 Å². The van der Waals surface area contributed by atoms with Crippen LogP contribution in [-0.2, 0) is 10.2 Å². The number of ether oxygens (including phenoxy) is 1. The standard InChI is InChI=1S/C30H30BrNO4S/c1-2-36-26-8-5-23(30-14-18-9-19(15-30)11-20(10-18)16-30)12-22(26)13-27-28(34)32(29(35)37-27)17-25(33)21-3-6-24(31)7-4-21/h3-8,12-13,18-20H,2,9-11,14-17H2,1H3/b27-13+. The molecule has 4 saturated carbocycles. The molecule has 5 aliphatic rings. The number of Topliss-reactive ketones (excluding diaryl/α,β-unsaturated/α-hetero) is 1. The van der Waals surface area contributed by atoms with Gasteiger partial charge < -0.3 is 4.74 Å². The summed E-state index contributed by atoms with van der Waals surface area (Å²) in [5, 5.41) is -0.420. The summed E-state index contributed by atoms with van der Waals surface area (Å²) < 4.78 is 6.78. The molecular weight excluding hydrogens is 550 g/mol. The van der Waals surface area contributed by atoms with E-state index in [2.05, 4.69) is 28.1 Å². The molecule has 7 heteroatoms. The predicted octanol–water partition coefficient (Wildman–Crippen LogP) is 7.23. The molecule has 7 rings (SSSR count). The minimum absolute atomic E-state index is 0.221. The van der Waals surface area contributed by atoms with Gasteiger partial charge in [-0.05, 0) is 116 Å². The van der Waals surface area contributed by atoms with E-state index in [0.717, 1.165) is 44.5 Å². The van der Waals surface area contributed by atoms with Crippen molar-refractivity contribution >= 4 is 50.7 Å². The molecule has 0 unspecified atom stereocenters. The molecule has 2 amide bonds. The molecule has 0 spiro atoms. The van der Waals surface area contributed by atoms with Crippen molar-refractivity contribution < 1.29 is 19.1 Å². The minimum Gasteiger partial charge on any atom is -0.493 e. The van der Waals surface area contributed by atoms with Crippen LogP contribution in [0.4, 0.5) is 4.79 Å². The number of nitrogens with zero attached hydrogens (tertiary/aromatic N) is 1. The molecule has 0 N–H and O–H groups in total. The molecule has 192 valence electrons. The zero-order valence-electron chi connectivity index (χ0n) is 20.9. The van der Waals surface area contributed by atoms with E-state index in [1.165, 1.54) is 44.1 Å². The molecule has 0 aromatic heterocycles. The number of thioether (sulfide) groups is 1. The number of hydrogen-bond acceptors (Lipinski definition) is 5. The number of hydrogen-bond donors (Lipinski definition) is 0. The molecule has 5 nitrogen and oxygen atoms in total. The quantitative estimate of drug-likeness (QED) is 0.255. The van der Waals surface area contributed by atoms with Crippen LogP contribution >= 0.6 is 27.7 Å². The number of amides is 2. The number of halogens is 1. The minimum atomic E-state index is -0.428. The number of ketones is 1. The summed E-state index contributed by atoms with van der Waals surface area (Å²) in [5.41, 5.74) is 2.86. The number of benzene rings is 2. The summed E-state index contributed by atoms with van der Waals surface area (Å²) in [6.45, 7) is 2.19. The molecule has 1 aliphatic heterocycles. The Labute approximate surface area is 230 Å². The highest BCUT2D eigenvalue weighted by Gasteiger charge is 2.51. The maximum Gasteiger partial charge on any atom is 0.293 e. The topological polar surface area (TPSA) is 63.7 Å². The molecule has 2 aromatic carbocycles. The van der Waals surface area contributed by atoms with Crippen LogP contribution in [0.1, 0.15) is 66.9 Å². The Morgan fingerprint density at radius 2 is 1.70 bits per heavy atom. The molecule has 0 radical (unpaired) electrons. The molecule has 5 fully saturated rings. The Balaban J connectivity index is 1.28. The van der Waals surface area contributed by atoms with Crippen molar-refractivity contribution in [2.75, 3.05) is 13.2 Å². The molecular formula is C30H30BrNO4S. The highest BCUT2D eigenvalue weighted by molar-refractivity contribution is 9.10. The lowest BCUT2D eigenvalue weighted by Crippen LogP contribution is -2.48. The van der Waals surface area contributed by atoms with Crippen molar-refractivity contribution in [3.63, 3.8) is 0 Å². The summed E-state index contributed by atoms with van der Waals surface area (Å²) in [6.07, 6.45) is 9.69. The third-order valence-corrected chi connectivity index (χ3v) is 10.0. The van der Waals surface area contributed by atoms with E-state index in [9.17, 15) is 14.4 Å². The third kappa shape index (κ3) is 4.69. The molecule has 4 aliphatic carbocycles. The number of carbonyl (C=O) groups excluding carboxylic acids is 3. The van der Waals surface area contributed by atoms with Crippen molar-refractivity contribution in [1.29, 1.82) is 0 Å². The monoisotopic (exact) mass is 579 g/mol. The van der Waals surface area contributed by atoms with Crippen molar-refractivity contribution in [2.24, 2.45) is 17.8 Å². The fourth-order valence-corrected chi connectivity index (χ4v) is 8.48. The van der Waals surface area contributed by atoms with Gasteiger partial charge in [0.1, 0.15) is 5.75 Å². The van der Waals surface area contributed by atoms with E-state index >= 15 is 0 Å². The first kappa shape index (κ1) is 24.9. The lowest BCUT2D eigenvalue weighted by atomic mass is 9.48. The second kappa shape index (κ2) is 9.73. The van der Waals surface area contributed by atoms with E-state index in [4.69, 9.17) is 4.74 Å². The first-order valence-electron chi connectivity index (χ1n) is 13.1.